The highest BCUT2D eigenvalue weighted by Crippen LogP contribution is 2.34. The summed E-state index contributed by atoms with van der Waals surface area (Å²) >= 11 is 0. The summed E-state index contributed by atoms with van der Waals surface area (Å²) < 4.78 is 43.8. The van der Waals surface area contributed by atoms with Crippen molar-refractivity contribution in [3.63, 3.8) is 0 Å². The molecule has 1 unspecified atom stereocenters. The average molecular weight is 531 g/mol. The van der Waals surface area contributed by atoms with Crippen LogP contribution in [0.15, 0.2) is 67.0 Å². The zero-order valence-electron chi connectivity index (χ0n) is 21.8. The number of hydrogen-bond acceptors (Lipinski definition) is 4. The van der Waals surface area contributed by atoms with Crippen LogP contribution >= 0.6 is 0 Å². The molecule has 3 heterocycles. The third-order valence-corrected chi connectivity index (χ3v) is 6.99. The fraction of sp³-hybridized carbons (Fsp3) is 0.290. The molecule has 1 saturated heterocycles. The van der Waals surface area contributed by atoms with Gasteiger partial charge in [-0.3, -0.25) is 14.1 Å². The first-order valence-electron chi connectivity index (χ1n) is 12.9. The van der Waals surface area contributed by atoms with Crippen molar-refractivity contribution < 1.29 is 18.0 Å². The number of nitrogens with zero attached hydrogens (tertiary/aromatic N) is 3. The predicted octanol–water partition coefficient (Wildman–Crippen LogP) is 5.28. The second kappa shape index (κ2) is 11.0. The Morgan fingerprint density at radius 2 is 1.97 bits per heavy atom. The van der Waals surface area contributed by atoms with Gasteiger partial charge in [-0.1, -0.05) is 36.3 Å². The van der Waals surface area contributed by atoms with Crippen LogP contribution in [0.5, 0.6) is 0 Å². The Balaban J connectivity index is 1.36. The van der Waals surface area contributed by atoms with Crippen LogP contribution in [0.25, 0.3) is 5.65 Å². The number of aryl methyl sites for hydroxylation is 1. The van der Waals surface area contributed by atoms with E-state index in [2.05, 4.69) is 22.1 Å². The summed E-state index contributed by atoms with van der Waals surface area (Å²) in [6, 6.07) is 15.4. The van der Waals surface area contributed by atoms with Crippen molar-refractivity contribution in [3.8, 4) is 11.8 Å². The van der Waals surface area contributed by atoms with E-state index < -0.39 is 11.7 Å². The van der Waals surface area contributed by atoms with E-state index in [1.54, 1.807) is 24.4 Å². The Bertz CT molecular complexity index is 1580. The molecule has 2 aromatic heterocycles. The number of alkyl halides is 3. The second-order valence-corrected chi connectivity index (χ2v) is 10.0. The molecule has 5 rings (SSSR count). The number of carbonyl (C=O) groups excluding carboxylic acids is 1. The van der Waals surface area contributed by atoms with Gasteiger partial charge in [0.2, 0.25) is 0 Å². The topological polar surface area (TPSA) is 49.6 Å². The molecule has 4 aromatic rings. The quantitative estimate of drug-likeness (QED) is 0.282. The SMILES string of the molecule is Cc1ccc(C(=O)Cc2ccc(CN3CCNC(C)C3)c(C(F)(F)F)c2)cc1C#Cc1cnc2ccccn12. The van der Waals surface area contributed by atoms with Crippen molar-refractivity contribution in [1.82, 2.24) is 19.6 Å². The number of piperazine rings is 1. The fourth-order valence-electron chi connectivity index (χ4n) is 4.91. The van der Waals surface area contributed by atoms with Crippen LogP contribution < -0.4 is 5.32 Å². The number of carbonyl (C=O) groups is 1. The molecule has 39 heavy (non-hydrogen) atoms. The summed E-state index contributed by atoms with van der Waals surface area (Å²) in [5.41, 5.74) is 3.39. The zero-order chi connectivity index (χ0) is 27.6. The van der Waals surface area contributed by atoms with Gasteiger partial charge in [-0.25, -0.2) is 4.98 Å². The van der Waals surface area contributed by atoms with Gasteiger partial charge in [0.25, 0.3) is 0 Å². The van der Waals surface area contributed by atoms with Crippen LogP contribution in [0.3, 0.4) is 0 Å². The van der Waals surface area contributed by atoms with Crippen LogP contribution in [0, 0.1) is 18.8 Å². The smallest absolute Gasteiger partial charge is 0.312 e. The molecule has 1 atom stereocenters. The van der Waals surface area contributed by atoms with Crippen molar-refractivity contribution in [3.05, 3.63) is 106 Å². The minimum atomic E-state index is -4.50. The van der Waals surface area contributed by atoms with Crippen molar-refractivity contribution in [2.45, 2.75) is 39.0 Å². The molecule has 0 radical (unpaired) electrons. The molecular formula is C31H29F3N4O. The lowest BCUT2D eigenvalue weighted by molar-refractivity contribution is -0.138. The monoisotopic (exact) mass is 530 g/mol. The molecule has 2 aromatic carbocycles. The van der Waals surface area contributed by atoms with Crippen molar-refractivity contribution >= 4 is 11.4 Å². The number of nitrogens with one attached hydrogen (secondary N) is 1. The number of imidazole rings is 1. The second-order valence-electron chi connectivity index (χ2n) is 10.0. The molecule has 200 valence electrons. The lowest BCUT2D eigenvalue weighted by Gasteiger charge is -2.32. The summed E-state index contributed by atoms with van der Waals surface area (Å²) in [5, 5.41) is 3.30. The van der Waals surface area contributed by atoms with E-state index in [0.717, 1.165) is 29.5 Å². The molecule has 1 aliphatic rings. The predicted molar refractivity (Wildman–Crippen MR) is 145 cm³/mol. The summed E-state index contributed by atoms with van der Waals surface area (Å²) in [7, 11) is 0. The molecule has 1 aliphatic heterocycles. The van der Waals surface area contributed by atoms with Gasteiger partial charge in [0, 0.05) is 56.0 Å². The molecule has 1 fully saturated rings. The fourth-order valence-corrected chi connectivity index (χ4v) is 4.91. The average Bonchev–Trinajstić information content (AvgIpc) is 3.31. The minimum absolute atomic E-state index is 0.128. The number of benzene rings is 2. The normalized spacial score (nSPS) is 16.2. The lowest BCUT2D eigenvalue weighted by atomic mass is 9.96. The third-order valence-electron chi connectivity index (χ3n) is 6.99. The zero-order valence-corrected chi connectivity index (χ0v) is 21.8. The van der Waals surface area contributed by atoms with Gasteiger partial charge in [-0.15, -0.1) is 0 Å². The van der Waals surface area contributed by atoms with Gasteiger partial charge >= 0.3 is 6.18 Å². The van der Waals surface area contributed by atoms with E-state index in [4.69, 9.17) is 0 Å². The number of Topliss-reactive ketones (excluding diaryl/α,β-unsaturated/α-hetero) is 1. The van der Waals surface area contributed by atoms with Gasteiger partial charge in [0.15, 0.2) is 5.78 Å². The summed E-state index contributed by atoms with van der Waals surface area (Å²) in [6.07, 6.45) is -1.06. The molecule has 0 spiro atoms. The summed E-state index contributed by atoms with van der Waals surface area (Å²) in [5.74, 6) is 5.98. The van der Waals surface area contributed by atoms with E-state index in [-0.39, 0.29) is 30.4 Å². The van der Waals surface area contributed by atoms with Crippen LogP contribution in [-0.2, 0) is 19.1 Å². The maximum Gasteiger partial charge on any atom is 0.416 e. The number of hydrogen-bond donors (Lipinski definition) is 1. The highest BCUT2D eigenvalue weighted by Gasteiger charge is 2.34. The molecule has 1 N–H and O–H groups in total. The Morgan fingerprint density at radius 3 is 2.77 bits per heavy atom. The van der Waals surface area contributed by atoms with E-state index in [9.17, 15) is 18.0 Å². The highest BCUT2D eigenvalue weighted by molar-refractivity contribution is 5.98. The van der Waals surface area contributed by atoms with E-state index in [1.165, 1.54) is 6.07 Å². The largest absolute Gasteiger partial charge is 0.416 e. The Labute approximate surface area is 225 Å². The van der Waals surface area contributed by atoms with Crippen LogP contribution in [-0.4, -0.2) is 45.7 Å². The van der Waals surface area contributed by atoms with Gasteiger partial charge < -0.3 is 5.32 Å². The minimum Gasteiger partial charge on any atom is -0.312 e. The third kappa shape index (κ3) is 6.22. The number of fused-ring (bicyclic) bond motifs is 1. The maximum atomic E-state index is 14.0. The number of rotatable bonds is 5. The van der Waals surface area contributed by atoms with Crippen LogP contribution in [0.4, 0.5) is 13.2 Å². The molecular weight excluding hydrogens is 501 g/mol. The standard InChI is InChI=1S/C31H29F3N4O/c1-21-6-8-25(17-24(21)10-11-27-18-36-30-5-3-4-13-38(27)30)29(39)16-23-7-9-26(28(15-23)31(32,33)34)20-37-14-12-35-22(2)19-37/h3-9,13,15,17-18,22,35H,12,14,16,19-20H2,1-2H3. The van der Waals surface area contributed by atoms with Crippen LogP contribution in [0.2, 0.25) is 0 Å². The van der Waals surface area contributed by atoms with Crippen molar-refractivity contribution in [2.75, 3.05) is 19.6 Å². The highest BCUT2D eigenvalue weighted by atomic mass is 19.4. The van der Waals surface area contributed by atoms with Gasteiger partial charge in [-0.2, -0.15) is 13.2 Å². The lowest BCUT2D eigenvalue weighted by Crippen LogP contribution is -2.48. The number of halogens is 3. The number of pyridine rings is 1. The first kappa shape index (κ1) is 26.7. The van der Waals surface area contributed by atoms with Gasteiger partial charge in [0.05, 0.1) is 11.8 Å². The van der Waals surface area contributed by atoms with Crippen LogP contribution in [0.1, 0.15) is 50.8 Å². The van der Waals surface area contributed by atoms with Crippen molar-refractivity contribution in [2.24, 2.45) is 0 Å². The molecule has 0 bridgehead atoms. The summed E-state index contributed by atoms with van der Waals surface area (Å²) in [6.45, 7) is 6.28. The Kier molecular flexibility index (Phi) is 7.56. The van der Waals surface area contributed by atoms with Gasteiger partial charge in [0.1, 0.15) is 11.3 Å². The van der Waals surface area contributed by atoms with E-state index in [0.29, 0.717) is 29.8 Å². The Hall–Kier alpha value is -3.93. The van der Waals surface area contributed by atoms with Gasteiger partial charge in [-0.05, 0) is 60.7 Å². The van der Waals surface area contributed by atoms with E-state index >= 15 is 0 Å². The maximum absolute atomic E-state index is 14.0. The molecule has 8 heteroatoms. The molecule has 0 saturated carbocycles. The van der Waals surface area contributed by atoms with E-state index in [1.807, 2.05) is 53.6 Å². The molecule has 5 nitrogen and oxygen atoms in total. The Morgan fingerprint density at radius 1 is 1.13 bits per heavy atom. The molecule has 0 amide bonds. The first-order chi connectivity index (χ1) is 18.7. The number of aromatic nitrogens is 2. The first-order valence-corrected chi connectivity index (χ1v) is 12.9. The number of ketones is 1. The van der Waals surface area contributed by atoms with Crippen molar-refractivity contribution in [1.29, 1.82) is 0 Å². The molecule has 0 aliphatic carbocycles. The summed E-state index contributed by atoms with van der Waals surface area (Å²) in [4.78, 5) is 19.5.